The van der Waals surface area contributed by atoms with Gasteiger partial charge in [0.25, 0.3) is 5.91 Å². The molecule has 26 heavy (non-hydrogen) atoms. The van der Waals surface area contributed by atoms with Gasteiger partial charge in [0, 0.05) is 28.2 Å². The van der Waals surface area contributed by atoms with E-state index in [-0.39, 0.29) is 19.1 Å². The van der Waals surface area contributed by atoms with E-state index in [9.17, 15) is 4.79 Å². The molecule has 0 unspecified atom stereocenters. The van der Waals surface area contributed by atoms with Gasteiger partial charge in [-0.3, -0.25) is 4.79 Å². The summed E-state index contributed by atoms with van der Waals surface area (Å²) in [5.41, 5.74) is 0.740. The summed E-state index contributed by atoms with van der Waals surface area (Å²) in [7, 11) is 4.62. The third-order valence-electron chi connectivity index (χ3n) is 3.47. The smallest absolute Gasteiger partial charge is 0.258 e. The molecule has 0 bridgehead atoms. The summed E-state index contributed by atoms with van der Waals surface area (Å²) in [6, 6.07) is 8.19. The van der Waals surface area contributed by atoms with E-state index in [1.807, 2.05) is 0 Å². The van der Waals surface area contributed by atoms with Crippen molar-refractivity contribution in [2.45, 2.75) is 6.54 Å². The number of amides is 1. The molecular formula is C18H19Cl2NO5. The SMILES string of the molecule is COc1cc(OC)c(OC)cc1CNC(=O)COc1cc(Cl)cc(Cl)c1. The molecule has 0 aliphatic heterocycles. The summed E-state index contributed by atoms with van der Waals surface area (Å²) in [5.74, 6) is 1.77. The van der Waals surface area contributed by atoms with Crippen LogP contribution in [-0.4, -0.2) is 33.8 Å². The normalized spacial score (nSPS) is 10.2. The molecule has 1 N–H and O–H groups in total. The Morgan fingerprint density at radius 3 is 2.04 bits per heavy atom. The van der Waals surface area contributed by atoms with E-state index in [1.165, 1.54) is 14.2 Å². The summed E-state index contributed by atoms with van der Waals surface area (Å²) >= 11 is 11.8. The second kappa shape index (κ2) is 9.40. The first-order valence-corrected chi connectivity index (χ1v) is 8.37. The van der Waals surface area contributed by atoms with Gasteiger partial charge in [0.1, 0.15) is 11.5 Å². The van der Waals surface area contributed by atoms with E-state index >= 15 is 0 Å². The zero-order valence-corrected chi connectivity index (χ0v) is 16.1. The quantitative estimate of drug-likeness (QED) is 0.732. The maximum Gasteiger partial charge on any atom is 0.258 e. The number of ether oxygens (including phenoxy) is 4. The fourth-order valence-corrected chi connectivity index (χ4v) is 2.74. The zero-order valence-electron chi connectivity index (χ0n) is 14.6. The molecule has 0 aromatic heterocycles. The fraction of sp³-hybridized carbons (Fsp3) is 0.278. The molecule has 0 aliphatic carbocycles. The van der Waals surface area contributed by atoms with Crippen LogP contribution in [0, 0.1) is 0 Å². The number of benzene rings is 2. The van der Waals surface area contributed by atoms with Gasteiger partial charge < -0.3 is 24.3 Å². The van der Waals surface area contributed by atoms with Crippen molar-refractivity contribution in [2.24, 2.45) is 0 Å². The molecule has 2 aromatic rings. The largest absolute Gasteiger partial charge is 0.496 e. The molecule has 2 rings (SSSR count). The molecule has 0 aliphatic rings. The predicted octanol–water partition coefficient (Wildman–Crippen LogP) is 3.71. The van der Waals surface area contributed by atoms with Crippen molar-refractivity contribution >= 4 is 29.1 Å². The van der Waals surface area contributed by atoms with E-state index < -0.39 is 0 Å². The molecule has 1 amide bonds. The van der Waals surface area contributed by atoms with Gasteiger partial charge >= 0.3 is 0 Å². The van der Waals surface area contributed by atoms with E-state index in [4.69, 9.17) is 42.1 Å². The Labute approximate surface area is 161 Å². The van der Waals surface area contributed by atoms with Crippen molar-refractivity contribution in [2.75, 3.05) is 27.9 Å². The molecule has 0 saturated carbocycles. The van der Waals surface area contributed by atoms with Crippen LogP contribution < -0.4 is 24.3 Å². The average molecular weight is 400 g/mol. The molecular weight excluding hydrogens is 381 g/mol. The Morgan fingerprint density at radius 2 is 1.46 bits per heavy atom. The van der Waals surface area contributed by atoms with E-state index in [2.05, 4.69) is 5.32 Å². The molecule has 0 saturated heterocycles. The maximum absolute atomic E-state index is 12.0. The lowest BCUT2D eigenvalue weighted by atomic mass is 10.1. The number of carbonyl (C=O) groups excluding carboxylic acids is 1. The Bertz CT molecular complexity index is 762. The first-order chi connectivity index (χ1) is 12.5. The maximum atomic E-state index is 12.0. The molecule has 8 heteroatoms. The molecule has 140 valence electrons. The number of nitrogens with one attached hydrogen (secondary N) is 1. The topological polar surface area (TPSA) is 66.0 Å². The fourth-order valence-electron chi connectivity index (χ4n) is 2.24. The molecule has 0 fully saturated rings. The third-order valence-corrected chi connectivity index (χ3v) is 3.91. The molecule has 0 heterocycles. The van der Waals surface area contributed by atoms with Crippen molar-refractivity contribution in [3.05, 3.63) is 45.9 Å². The van der Waals surface area contributed by atoms with Crippen molar-refractivity contribution in [3.8, 4) is 23.0 Å². The third kappa shape index (κ3) is 5.34. The molecule has 6 nitrogen and oxygen atoms in total. The van der Waals surface area contributed by atoms with Crippen LogP contribution in [0.3, 0.4) is 0 Å². The van der Waals surface area contributed by atoms with Crippen LogP contribution in [0.15, 0.2) is 30.3 Å². The number of hydrogen-bond donors (Lipinski definition) is 1. The van der Waals surface area contributed by atoms with Crippen molar-refractivity contribution in [3.63, 3.8) is 0 Å². The highest BCUT2D eigenvalue weighted by molar-refractivity contribution is 6.34. The van der Waals surface area contributed by atoms with E-state index in [1.54, 1.807) is 37.4 Å². The number of hydrogen-bond acceptors (Lipinski definition) is 5. The van der Waals surface area contributed by atoms with Crippen LogP contribution in [-0.2, 0) is 11.3 Å². The molecule has 2 aromatic carbocycles. The number of methoxy groups -OCH3 is 3. The van der Waals surface area contributed by atoms with Gasteiger partial charge in [-0.05, 0) is 24.3 Å². The number of carbonyl (C=O) groups is 1. The van der Waals surface area contributed by atoms with Gasteiger partial charge in [-0.25, -0.2) is 0 Å². The Hall–Kier alpha value is -2.31. The first-order valence-electron chi connectivity index (χ1n) is 7.61. The lowest BCUT2D eigenvalue weighted by molar-refractivity contribution is -0.123. The Balaban J connectivity index is 1.98. The first kappa shape index (κ1) is 20.0. The van der Waals surface area contributed by atoms with Crippen LogP contribution in [0.1, 0.15) is 5.56 Å². The zero-order chi connectivity index (χ0) is 19.1. The average Bonchev–Trinajstić information content (AvgIpc) is 2.63. The second-order valence-corrected chi connectivity index (χ2v) is 6.06. The summed E-state index contributed by atoms with van der Waals surface area (Å²) in [5, 5.41) is 3.62. The molecule has 0 atom stereocenters. The standard InChI is InChI=1S/C18H19Cl2NO5/c1-23-15-8-17(25-3)16(24-2)4-11(15)9-21-18(22)10-26-14-6-12(19)5-13(20)7-14/h4-8H,9-10H2,1-3H3,(H,21,22). The highest BCUT2D eigenvalue weighted by Gasteiger charge is 2.13. The minimum atomic E-state index is -0.307. The lowest BCUT2D eigenvalue weighted by Gasteiger charge is -2.14. The van der Waals surface area contributed by atoms with Crippen LogP contribution >= 0.6 is 23.2 Å². The number of rotatable bonds is 8. The summed E-state index contributed by atoms with van der Waals surface area (Å²) < 4.78 is 21.2. The summed E-state index contributed by atoms with van der Waals surface area (Å²) in [6.07, 6.45) is 0. The second-order valence-electron chi connectivity index (χ2n) is 5.19. The lowest BCUT2D eigenvalue weighted by Crippen LogP contribution is -2.28. The van der Waals surface area contributed by atoms with Gasteiger partial charge in [-0.2, -0.15) is 0 Å². The highest BCUT2D eigenvalue weighted by Crippen LogP contribution is 2.34. The van der Waals surface area contributed by atoms with Gasteiger partial charge in [0.2, 0.25) is 0 Å². The predicted molar refractivity (Wildman–Crippen MR) is 99.9 cm³/mol. The van der Waals surface area contributed by atoms with Crippen LogP contribution in [0.25, 0.3) is 0 Å². The highest BCUT2D eigenvalue weighted by atomic mass is 35.5. The van der Waals surface area contributed by atoms with Gasteiger partial charge in [0.15, 0.2) is 18.1 Å². The van der Waals surface area contributed by atoms with Crippen molar-refractivity contribution < 1.29 is 23.7 Å². The van der Waals surface area contributed by atoms with Crippen LogP contribution in [0.4, 0.5) is 0 Å². The van der Waals surface area contributed by atoms with Gasteiger partial charge in [-0.1, -0.05) is 23.2 Å². The molecule has 0 radical (unpaired) electrons. The van der Waals surface area contributed by atoms with Crippen LogP contribution in [0.5, 0.6) is 23.0 Å². The Morgan fingerprint density at radius 1 is 0.885 bits per heavy atom. The van der Waals surface area contributed by atoms with Crippen LogP contribution in [0.2, 0.25) is 10.0 Å². The monoisotopic (exact) mass is 399 g/mol. The van der Waals surface area contributed by atoms with Gasteiger partial charge in [-0.15, -0.1) is 0 Å². The van der Waals surface area contributed by atoms with Gasteiger partial charge in [0.05, 0.1) is 21.3 Å². The minimum absolute atomic E-state index is 0.174. The van der Waals surface area contributed by atoms with Crippen molar-refractivity contribution in [1.82, 2.24) is 5.32 Å². The van der Waals surface area contributed by atoms with Crippen molar-refractivity contribution in [1.29, 1.82) is 0 Å². The number of halogens is 2. The van der Waals surface area contributed by atoms with E-state index in [0.717, 1.165) is 5.56 Å². The summed E-state index contributed by atoms with van der Waals surface area (Å²) in [6.45, 7) is 0.0638. The minimum Gasteiger partial charge on any atom is -0.496 e. The van der Waals surface area contributed by atoms with E-state index in [0.29, 0.717) is 33.0 Å². The molecule has 0 spiro atoms. The summed E-state index contributed by atoms with van der Waals surface area (Å²) in [4.78, 5) is 12.0. The Kier molecular flexibility index (Phi) is 7.24.